The fourth-order valence-electron chi connectivity index (χ4n) is 3.97. The molecule has 0 bridgehead atoms. The predicted molar refractivity (Wildman–Crippen MR) is 129 cm³/mol. The second-order valence-corrected chi connectivity index (χ2v) is 9.94. The lowest BCUT2D eigenvalue weighted by Gasteiger charge is -2.31. The molecule has 1 heterocycles. The van der Waals surface area contributed by atoms with Crippen molar-refractivity contribution in [1.82, 2.24) is 5.32 Å². The van der Waals surface area contributed by atoms with E-state index in [0.29, 0.717) is 30.0 Å². The zero-order chi connectivity index (χ0) is 23.8. The second kappa shape index (κ2) is 8.98. The van der Waals surface area contributed by atoms with Crippen LogP contribution in [0.3, 0.4) is 0 Å². The van der Waals surface area contributed by atoms with Gasteiger partial charge in [0.15, 0.2) is 0 Å². The van der Waals surface area contributed by atoms with Gasteiger partial charge in [-0.25, -0.2) is 0 Å². The number of carbonyl (C=O) groups is 3. The van der Waals surface area contributed by atoms with Gasteiger partial charge in [-0.2, -0.15) is 0 Å². The molecule has 4 N–H and O–H groups in total. The average molecular weight is 449 g/mol. The first-order chi connectivity index (χ1) is 15.7. The minimum Gasteiger partial charge on any atom is -0.351 e. The molecule has 1 aliphatic carbocycles. The van der Waals surface area contributed by atoms with Crippen molar-refractivity contribution in [3.8, 4) is 0 Å². The highest BCUT2D eigenvalue weighted by Gasteiger charge is 2.40. The van der Waals surface area contributed by atoms with E-state index in [-0.39, 0.29) is 35.5 Å². The summed E-state index contributed by atoms with van der Waals surface area (Å²) in [7, 11) is 0. The molecule has 0 spiro atoms. The molecule has 7 nitrogen and oxygen atoms in total. The third-order valence-electron chi connectivity index (χ3n) is 6.39. The molecular weight excluding hydrogens is 416 g/mol. The van der Waals surface area contributed by atoms with Crippen molar-refractivity contribution < 1.29 is 14.4 Å². The number of anilines is 2. The Kier molecular flexibility index (Phi) is 6.26. The number of amides is 3. The van der Waals surface area contributed by atoms with Crippen LogP contribution in [0.15, 0.2) is 42.5 Å². The number of hydrogen-bond acceptors (Lipinski definition) is 4. The molecule has 4 rings (SSSR count). The number of benzene rings is 2. The molecule has 1 unspecified atom stereocenters. The maximum absolute atomic E-state index is 13.4. The molecule has 33 heavy (non-hydrogen) atoms. The van der Waals surface area contributed by atoms with Crippen LogP contribution >= 0.6 is 0 Å². The highest BCUT2D eigenvalue weighted by Crippen LogP contribution is 2.43. The predicted octanol–water partition coefficient (Wildman–Crippen LogP) is 3.54. The van der Waals surface area contributed by atoms with E-state index in [1.54, 1.807) is 23.1 Å². The van der Waals surface area contributed by atoms with Crippen LogP contribution in [0.25, 0.3) is 0 Å². The summed E-state index contributed by atoms with van der Waals surface area (Å²) in [6, 6.07) is 12.7. The van der Waals surface area contributed by atoms with Crippen LogP contribution in [0.4, 0.5) is 11.4 Å². The molecule has 2 aliphatic rings. The van der Waals surface area contributed by atoms with Crippen LogP contribution in [0.5, 0.6) is 0 Å². The Balaban J connectivity index is 1.69. The molecule has 7 heteroatoms. The van der Waals surface area contributed by atoms with Crippen molar-refractivity contribution in [3.05, 3.63) is 59.2 Å². The molecule has 0 aromatic heterocycles. The first kappa shape index (κ1) is 23.0. The lowest BCUT2D eigenvalue weighted by atomic mass is 9.94. The Bertz CT molecular complexity index is 1070. The topological polar surface area (TPSA) is 105 Å². The number of nitrogens with two attached hydrogens (primary N) is 1. The van der Waals surface area contributed by atoms with Crippen molar-refractivity contribution in [3.63, 3.8) is 0 Å². The van der Waals surface area contributed by atoms with Gasteiger partial charge in [0.05, 0.1) is 23.8 Å². The van der Waals surface area contributed by atoms with E-state index in [9.17, 15) is 14.4 Å². The number of nitrogens with zero attached hydrogens (tertiary/aromatic N) is 1. The van der Waals surface area contributed by atoms with Crippen LogP contribution < -0.4 is 21.3 Å². The lowest BCUT2D eigenvalue weighted by molar-refractivity contribution is -0.120. The van der Waals surface area contributed by atoms with E-state index in [1.165, 1.54) is 0 Å². The summed E-state index contributed by atoms with van der Waals surface area (Å²) in [6.07, 6.45) is 1.89. The van der Waals surface area contributed by atoms with Crippen molar-refractivity contribution in [2.75, 3.05) is 23.3 Å². The normalized spacial score (nSPS) is 18.2. The van der Waals surface area contributed by atoms with E-state index in [4.69, 9.17) is 5.73 Å². The summed E-state index contributed by atoms with van der Waals surface area (Å²) < 4.78 is 0. The van der Waals surface area contributed by atoms with Gasteiger partial charge in [0.1, 0.15) is 0 Å². The molecular formula is C26H32N4O3. The average Bonchev–Trinajstić information content (AvgIpc) is 3.64. The number of hydrogen-bond donors (Lipinski definition) is 3. The highest BCUT2D eigenvalue weighted by atomic mass is 16.2. The molecule has 0 radical (unpaired) electrons. The highest BCUT2D eigenvalue weighted by molar-refractivity contribution is 6.07. The Morgan fingerprint density at radius 1 is 1.15 bits per heavy atom. The van der Waals surface area contributed by atoms with Crippen LogP contribution in [0.2, 0.25) is 0 Å². The monoisotopic (exact) mass is 448 g/mol. The molecule has 2 aromatic rings. The smallest absolute Gasteiger partial charge is 0.251 e. The van der Waals surface area contributed by atoms with Crippen molar-refractivity contribution >= 4 is 29.1 Å². The van der Waals surface area contributed by atoms with Gasteiger partial charge in [-0.3, -0.25) is 14.4 Å². The van der Waals surface area contributed by atoms with Crippen LogP contribution in [-0.4, -0.2) is 30.8 Å². The van der Waals surface area contributed by atoms with Gasteiger partial charge in [0, 0.05) is 18.0 Å². The van der Waals surface area contributed by atoms with Crippen molar-refractivity contribution in [2.45, 2.75) is 46.1 Å². The third-order valence-corrected chi connectivity index (χ3v) is 6.39. The summed E-state index contributed by atoms with van der Waals surface area (Å²) in [5.41, 5.74) is 9.11. The number of aryl methyl sites for hydroxylation is 1. The molecule has 2 aromatic carbocycles. The zero-order valence-electron chi connectivity index (χ0n) is 19.5. The van der Waals surface area contributed by atoms with Crippen molar-refractivity contribution in [1.29, 1.82) is 0 Å². The van der Waals surface area contributed by atoms with Crippen molar-refractivity contribution in [2.24, 2.45) is 17.1 Å². The molecule has 0 saturated heterocycles. The van der Waals surface area contributed by atoms with Gasteiger partial charge in [-0.15, -0.1) is 0 Å². The van der Waals surface area contributed by atoms with Gasteiger partial charge in [-0.1, -0.05) is 43.7 Å². The van der Waals surface area contributed by atoms with E-state index in [0.717, 1.165) is 24.0 Å². The minimum absolute atomic E-state index is 0.0135. The number of carbonyl (C=O) groups excluding carboxylic acids is 3. The number of fused-ring (bicyclic) bond motifs is 1. The molecule has 3 amide bonds. The quantitative estimate of drug-likeness (QED) is 0.629. The van der Waals surface area contributed by atoms with E-state index >= 15 is 0 Å². The molecule has 1 saturated carbocycles. The van der Waals surface area contributed by atoms with Gasteiger partial charge in [-0.05, 0) is 55.5 Å². The largest absolute Gasteiger partial charge is 0.351 e. The summed E-state index contributed by atoms with van der Waals surface area (Å²) in [5, 5.41) is 5.84. The van der Waals surface area contributed by atoms with Gasteiger partial charge >= 0.3 is 0 Å². The van der Waals surface area contributed by atoms with Gasteiger partial charge in [0.25, 0.3) is 5.91 Å². The molecule has 1 atom stereocenters. The standard InChI is InChI=1S/C26H32N4O3/c1-16-4-6-17(7-5-16)22-13-23(31)29-20-12-19(24(32)28-15-26(2,3)14-27)10-11-21(20)30(22)25(33)18-8-9-18/h4-7,10-12,18,22H,8-9,13-15,27H2,1-3H3,(H,28,32)(H,29,31). The number of rotatable bonds is 6. The van der Waals surface area contributed by atoms with Crippen LogP contribution in [-0.2, 0) is 9.59 Å². The Morgan fingerprint density at radius 3 is 2.48 bits per heavy atom. The Labute approximate surface area is 194 Å². The summed E-state index contributed by atoms with van der Waals surface area (Å²) in [4.78, 5) is 40.8. The van der Waals surface area contributed by atoms with E-state index in [1.807, 2.05) is 45.0 Å². The second-order valence-electron chi connectivity index (χ2n) is 9.94. The number of nitrogens with one attached hydrogen (secondary N) is 2. The maximum atomic E-state index is 13.4. The Morgan fingerprint density at radius 2 is 1.85 bits per heavy atom. The van der Waals surface area contributed by atoms with E-state index < -0.39 is 6.04 Å². The van der Waals surface area contributed by atoms with Gasteiger partial charge in [0.2, 0.25) is 11.8 Å². The van der Waals surface area contributed by atoms with Crippen LogP contribution in [0.1, 0.15) is 60.6 Å². The first-order valence-corrected chi connectivity index (χ1v) is 11.5. The Hall–Kier alpha value is -3.19. The fourth-order valence-corrected chi connectivity index (χ4v) is 3.97. The third kappa shape index (κ3) is 5.09. The van der Waals surface area contributed by atoms with Gasteiger partial charge < -0.3 is 21.3 Å². The maximum Gasteiger partial charge on any atom is 0.251 e. The molecule has 1 fully saturated rings. The fraction of sp³-hybridized carbons (Fsp3) is 0.423. The SMILES string of the molecule is Cc1ccc(C2CC(=O)Nc3cc(C(=O)NCC(C)(C)CN)ccc3N2C(=O)C2CC2)cc1. The summed E-state index contributed by atoms with van der Waals surface area (Å²) in [5.74, 6) is -0.414. The molecule has 174 valence electrons. The minimum atomic E-state index is -0.398. The lowest BCUT2D eigenvalue weighted by Crippen LogP contribution is -2.38. The van der Waals surface area contributed by atoms with E-state index in [2.05, 4.69) is 10.6 Å². The molecule has 1 aliphatic heterocycles. The van der Waals surface area contributed by atoms with Crippen LogP contribution in [0, 0.1) is 18.3 Å². The zero-order valence-corrected chi connectivity index (χ0v) is 19.5. The first-order valence-electron chi connectivity index (χ1n) is 11.5. The summed E-state index contributed by atoms with van der Waals surface area (Å²) >= 11 is 0. The summed E-state index contributed by atoms with van der Waals surface area (Å²) in [6.45, 7) is 6.86.